The zero-order valence-corrected chi connectivity index (χ0v) is 18.0. The average molecular weight is 453 g/mol. The first-order valence-corrected chi connectivity index (χ1v) is 10.5. The number of aryl methyl sites for hydroxylation is 1. The van der Waals surface area contributed by atoms with Crippen molar-refractivity contribution in [1.29, 1.82) is 0 Å². The molecule has 1 aliphatic heterocycles. The van der Waals surface area contributed by atoms with Gasteiger partial charge in [-0.05, 0) is 30.7 Å². The number of H-pyrrole nitrogens is 1. The van der Waals surface area contributed by atoms with E-state index in [1.165, 1.54) is 23.1 Å². The summed E-state index contributed by atoms with van der Waals surface area (Å²) >= 11 is 0. The molecule has 168 valence electrons. The van der Waals surface area contributed by atoms with Gasteiger partial charge in [-0.2, -0.15) is 0 Å². The monoisotopic (exact) mass is 453 g/mol. The number of carboxylic acid groups (broad SMARTS) is 1. The standard InChI is InChI=1S/C26H19N3O5/c1-14-6-5-9-16(12-14)21-20(22(30)15-7-3-2-4-8-15)23(31)24(32)29(21)26-27-18-11-10-17(25(33)34)13-19(18)28-26/h2-13,21,30H,1H3,(H,27,28)(H,33,34)/b22-20+. The predicted molar refractivity (Wildman–Crippen MR) is 125 cm³/mol. The van der Waals surface area contributed by atoms with Gasteiger partial charge in [-0.3, -0.25) is 14.5 Å². The van der Waals surface area contributed by atoms with Crippen molar-refractivity contribution in [2.45, 2.75) is 13.0 Å². The molecule has 1 amide bonds. The number of hydrogen-bond acceptors (Lipinski definition) is 5. The summed E-state index contributed by atoms with van der Waals surface area (Å²) in [7, 11) is 0. The number of aromatic carboxylic acids is 1. The van der Waals surface area contributed by atoms with Crippen LogP contribution in [0.25, 0.3) is 16.8 Å². The first-order chi connectivity index (χ1) is 16.3. The second-order valence-electron chi connectivity index (χ2n) is 8.05. The molecule has 34 heavy (non-hydrogen) atoms. The van der Waals surface area contributed by atoms with Gasteiger partial charge in [-0.25, -0.2) is 9.78 Å². The second kappa shape index (κ2) is 8.00. The maximum Gasteiger partial charge on any atom is 0.335 e. The third kappa shape index (κ3) is 3.41. The van der Waals surface area contributed by atoms with Gasteiger partial charge in [-0.15, -0.1) is 0 Å². The Hall–Kier alpha value is -4.72. The summed E-state index contributed by atoms with van der Waals surface area (Å²) in [6, 6.07) is 19.3. The molecule has 0 bridgehead atoms. The Morgan fingerprint density at radius 1 is 0.941 bits per heavy atom. The molecular weight excluding hydrogens is 434 g/mol. The van der Waals surface area contributed by atoms with E-state index in [1.54, 1.807) is 36.4 Å². The van der Waals surface area contributed by atoms with Crippen LogP contribution in [0, 0.1) is 6.92 Å². The van der Waals surface area contributed by atoms with Crippen LogP contribution in [0.1, 0.15) is 33.1 Å². The number of aliphatic hydroxyl groups excluding tert-OH is 1. The summed E-state index contributed by atoms with van der Waals surface area (Å²) < 4.78 is 0. The Kier molecular flexibility index (Phi) is 4.98. The fourth-order valence-corrected chi connectivity index (χ4v) is 4.20. The van der Waals surface area contributed by atoms with Crippen molar-refractivity contribution in [3.8, 4) is 0 Å². The van der Waals surface area contributed by atoms with Crippen LogP contribution in [0.2, 0.25) is 0 Å². The van der Waals surface area contributed by atoms with Crippen LogP contribution in [0.15, 0.2) is 78.4 Å². The van der Waals surface area contributed by atoms with Crippen LogP contribution < -0.4 is 4.90 Å². The zero-order chi connectivity index (χ0) is 24.0. The number of anilines is 1. The SMILES string of the molecule is Cc1cccc(C2/C(=C(\O)c3ccccc3)C(=O)C(=O)N2c2nc3ccc(C(=O)O)cc3[nH]2)c1. The number of benzene rings is 3. The number of carboxylic acids is 1. The van der Waals surface area contributed by atoms with Crippen molar-refractivity contribution in [2.24, 2.45) is 0 Å². The van der Waals surface area contributed by atoms with Crippen LogP contribution in [0.3, 0.4) is 0 Å². The highest BCUT2D eigenvalue weighted by atomic mass is 16.4. The van der Waals surface area contributed by atoms with E-state index < -0.39 is 23.7 Å². The molecule has 0 radical (unpaired) electrons. The Morgan fingerprint density at radius 3 is 2.41 bits per heavy atom. The number of aromatic amines is 1. The van der Waals surface area contributed by atoms with Crippen LogP contribution >= 0.6 is 0 Å². The number of carbonyl (C=O) groups is 3. The molecule has 4 aromatic rings. The van der Waals surface area contributed by atoms with Gasteiger partial charge >= 0.3 is 11.9 Å². The largest absolute Gasteiger partial charge is 0.507 e. The van der Waals surface area contributed by atoms with E-state index >= 15 is 0 Å². The zero-order valence-electron chi connectivity index (χ0n) is 18.0. The number of Topliss-reactive ketones (excluding diaryl/α,β-unsaturated/α-hetero) is 1. The maximum absolute atomic E-state index is 13.2. The number of hydrogen-bond donors (Lipinski definition) is 3. The van der Waals surface area contributed by atoms with Crippen molar-refractivity contribution >= 4 is 40.4 Å². The molecule has 1 aliphatic rings. The number of nitrogens with one attached hydrogen (secondary N) is 1. The average Bonchev–Trinajstić information content (AvgIpc) is 3.37. The Bertz CT molecular complexity index is 1500. The third-order valence-electron chi connectivity index (χ3n) is 5.79. The van der Waals surface area contributed by atoms with Gasteiger partial charge in [0.15, 0.2) is 0 Å². The number of aliphatic hydroxyl groups is 1. The number of fused-ring (bicyclic) bond motifs is 1. The van der Waals surface area contributed by atoms with Crippen molar-refractivity contribution in [1.82, 2.24) is 9.97 Å². The van der Waals surface area contributed by atoms with Crippen molar-refractivity contribution < 1.29 is 24.6 Å². The number of amides is 1. The first kappa shape index (κ1) is 21.1. The lowest BCUT2D eigenvalue weighted by Crippen LogP contribution is -2.30. The molecule has 1 fully saturated rings. The summed E-state index contributed by atoms with van der Waals surface area (Å²) in [5.41, 5.74) is 2.81. The molecule has 0 aliphatic carbocycles. The van der Waals surface area contributed by atoms with Crippen LogP contribution in [-0.4, -0.2) is 37.8 Å². The molecule has 1 unspecified atom stereocenters. The highest BCUT2D eigenvalue weighted by Crippen LogP contribution is 2.41. The number of nitrogens with zero attached hydrogens (tertiary/aromatic N) is 2. The van der Waals surface area contributed by atoms with Gasteiger partial charge in [0.2, 0.25) is 5.95 Å². The Morgan fingerprint density at radius 2 is 1.71 bits per heavy atom. The Balaban J connectivity index is 1.73. The number of ketones is 1. The molecule has 1 saturated heterocycles. The molecule has 5 rings (SSSR count). The Labute approximate surface area is 193 Å². The number of rotatable bonds is 4. The number of aromatic nitrogens is 2. The highest BCUT2D eigenvalue weighted by molar-refractivity contribution is 6.51. The summed E-state index contributed by atoms with van der Waals surface area (Å²) in [6.45, 7) is 1.89. The lowest BCUT2D eigenvalue weighted by molar-refractivity contribution is -0.132. The highest BCUT2D eigenvalue weighted by Gasteiger charge is 2.48. The quantitative estimate of drug-likeness (QED) is 0.242. The van der Waals surface area contributed by atoms with Gasteiger partial charge in [0.1, 0.15) is 5.76 Å². The molecule has 2 heterocycles. The smallest absolute Gasteiger partial charge is 0.335 e. The fraction of sp³-hybridized carbons (Fsp3) is 0.0769. The van der Waals surface area contributed by atoms with E-state index in [0.29, 0.717) is 22.2 Å². The molecule has 1 aromatic heterocycles. The van der Waals surface area contributed by atoms with E-state index in [-0.39, 0.29) is 22.8 Å². The minimum Gasteiger partial charge on any atom is -0.507 e. The lowest BCUT2D eigenvalue weighted by Gasteiger charge is -2.23. The van der Waals surface area contributed by atoms with Crippen molar-refractivity contribution in [3.63, 3.8) is 0 Å². The summed E-state index contributed by atoms with van der Waals surface area (Å²) in [5.74, 6) is -2.97. The fourth-order valence-electron chi connectivity index (χ4n) is 4.20. The third-order valence-corrected chi connectivity index (χ3v) is 5.79. The number of carbonyl (C=O) groups excluding carboxylic acids is 2. The second-order valence-corrected chi connectivity index (χ2v) is 8.05. The molecule has 8 heteroatoms. The van der Waals surface area contributed by atoms with E-state index in [0.717, 1.165) is 5.56 Å². The van der Waals surface area contributed by atoms with Gasteiger partial charge in [-0.1, -0.05) is 60.2 Å². The van der Waals surface area contributed by atoms with E-state index in [2.05, 4.69) is 9.97 Å². The summed E-state index contributed by atoms with van der Waals surface area (Å²) in [5, 5.41) is 20.4. The van der Waals surface area contributed by atoms with Crippen LogP contribution in [-0.2, 0) is 9.59 Å². The minimum absolute atomic E-state index is 0.0477. The van der Waals surface area contributed by atoms with Crippen molar-refractivity contribution in [2.75, 3.05) is 4.90 Å². The van der Waals surface area contributed by atoms with Gasteiger partial charge < -0.3 is 15.2 Å². The van der Waals surface area contributed by atoms with Crippen molar-refractivity contribution in [3.05, 3.63) is 101 Å². The van der Waals surface area contributed by atoms with E-state index in [9.17, 15) is 24.6 Å². The normalized spacial score (nSPS) is 17.4. The first-order valence-electron chi connectivity index (χ1n) is 10.5. The number of imidazole rings is 1. The van der Waals surface area contributed by atoms with Crippen LogP contribution in [0.4, 0.5) is 5.95 Å². The molecule has 8 nitrogen and oxygen atoms in total. The topological polar surface area (TPSA) is 124 Å². The summed E-state index contributed by atoms with van der Waals surface area (Å²) in [6.07, 6.45) is 0. The molecule has 1 atom stereocenters. The van der Waals surface area contributed by atoms with E-state index in [4.69, 9.17) is 0 Å². The lowest BCUT2D eigenvalue weighted by atomic mass is 9.94. The molecule has 3 aromatic carbocycles. The predicted octanol–water partition coefficient (Wildman–Crippen LogP) is 4.20. The minimum atomic E-state index is -1.10. The summed E-state index contributed by atoms with van der Waals surface area (Å²) in [4.78, 5) is 46.4. The molecule has 3 N–H and O–H groups in total. The van der Waals surface area contributed by atoms with Crippen LogP contribution in [0.5, 0.6) is 0 Å². The van der Waals surface area contributed by atoms with Gasteiger partial charge in [0, 0.05) is 5.56 Å². The van der Waals surface area contributed by atoms with E-state index in [1.807, 2.05) is 25.1 Å². The molecular formula is C26H19N3O5. The van der Waals surface area contributed by atoms with Gasteiger partial charge in [0.25, 0.3) is 5.78 Å². The maximum atomic E-state index is 13.2. The molecule has 0 saturated carbocycles. The van der Waals surface area contributed by atoms with Gasteiger partial charge in [0.05, 0.1) is 28.2 Å². The molecule has 0 spiro atoms.